The first kappa shape index (κ1) is 33.3. The number of amides is 1. The van der Waals surface area contributed by atoms with Gasteiger partial charge < -0.3 is 19.9 Å². The molecule has 0 saturated carbocycles. The van der Waals surface area contributed by atoms with Gasteiger partial charge in [0.15, 0.2) is 12.1 Å². The first-order chi connectivity index (χ1) is 24.3. The number of aliphatic hydroxyl groups is 1. The molecule has 50 heavy (non-hydrogen) atoms. The quantitative estimate of drug-likeness (QED) is 0.113. The summed E-state index contributed by atoms with van der Waals surface area (Å²) in [4.78, 5) is 27.5. The van der Waals surface area contributed by atoms with Crippen molar-refractivity contribution in [2.45, 2.75) is 45.0 Å². The molecule has 1 heterocycles. The maximum absolute atomic E-state index is 13.3. The molecule has 1 aliphatic heterocycles. The van der Waals surface area contributed by atoms with Gasteiger partial charge >= 0.3 is 0 Å². The molecular formula is C43H40N2O5. The fourth-order valence-electron chi connectivity index (χ4n) is 6.84. The minimum absolute atomic E-state index is 0.0261. The van der Waals surface area contributed by atoms with E-state index in [1.54, 1.807) is 36.4 Å². The Bertz CT molecular complexity index is 2110. The highest BCUT2D eigenvalue weighted by atomic mass is 16.7. The Kier molecular flexibility index (Phi) is 9.83. The Hall–Kier alpha value is -5.18. The lowest BCUT2D eigenvalue weighted by atomic mass is 9.96. The van der Waals surface area contributed by atoms with Crippen LogP contribution in [0.4, 0.5) is 5.69 Å². The normalized spacial score (nSPS) is 17.6. The van der Waals surface area contributed by atoms with E-state index in [-0.39, 0.29) is 30.5 Å². The van der Waals surface area contributed by atoms with Gasteiger partial charge in [0.1, 0.15) is 0 Å². The summed E-state index contributed by atoms with van der Waals surface area (Å²) in [6, 6.07) is 41.4. The molecule has 1 saturated heterocycles. The lowest BCUT2D eigenvalue weighted by molar-refractivity contribution is -0.252. The molecule has 0 radical (unpaired) electrons. The summed E-state index contributed by atoms with van der Waals surface area (Å²) in [6.45, 7) is 2.88. The Morgan fingerprint density at radius 1 is 0.760 bits per heavy atom. The van der Waals surface area contributed by atoms with E-state index in [0.717, 1.165) is 23.2 Å². The first-order valence-corrected chi connectivity index (χ1v) is 17.0. The third-order valence-corrected chi connectivity index (χ3v) is 9.39. The Balaban J connectivity index is 1.14. The molecule has 1 aliphatic rings. The molecule has 0 aliphatic carbocycles. The number of hydrogen-bond donors (Lipinski definition) is 2. The van der Waals surface area contributed by atoms with Gasteiger partial charge in [-0.2, -0.15) is 0 Å². The molecule has 1 amide bonds. The Morgan fingerprint density at radius 2 is 1.44 bits per heavy atom. The number of anilines is 1. The first-order valence-electron chi connectivity index (χ1n) is 17.0. The van der Waals surface area contributed by atoms with Gasteiger partial charge in [0.25, 0.3) is 5.91 Å². The SMILES string of the molecule is CC(=O)c1cccc(NC(=O)c2cccc(C3O[C@H](CN(C)Cc4c5ccccc5cc5ccccc45)C[C@H](c4ccc(CO)cc4)O3)c2)c1. The molecule has 0 aromatic heterocycles. The Labute approximate surface area is 292 Å². The van der Waals surface area contributed by atoms with Crippen molar-refractivity contribution < 1.29 is 24.2 Å². The van der Waals surface area contributed by atoms with Gasteiger partial charge in [0, 0.05) is 41.9 Å². The second-order valence-corrected chi connectivity index (χ2v) is 13.1. The molecule has 7 rings (SSSR count). The van der Waals surface area contributed by atoms with Crippen LogP contribution in [0, 0.1) is 0 Å². The summed E-state index contributed by atoms with van der Waals surface area (Å²) in [5, 5.41) is 17.5. The lowest BCUT2D eigenvalue weighted by Crippen LogP contribution is -2.37. The van der Waals surface area contributed by atoms with Crippen molar-refractivity contribution in [3.63, 3.8) is 0 Å². The fourth-order valence-corrected chi connectivity index (χ4v) is 6.84. The van der Waals surface area contributed by atoms with E-state index in [1.807, 2.05) is 36.4 Å². The number of fused-ring (bicyclic) bond motifs is 2. The molecule has 6 aromatic rings. The van der Waals surface area contributed by atoms with Crippen molar-refractivity contribution in [1.29, 1.82) is 0 Å². The minimum Gasteiger partial charge on any atom is -0.392 e. The number of benzene rings is 6. The van der Waals surface area contributed by atoms with Crippen LogP contribution >= 0.6 is 0 Å². The summed E-state index contributed by atoms with van der Waals surface area (Å²) in [5.41, 5.74) is 5.39. The predicted octanol–water partition coefficient (Wildman–Crippen LogP) is 8.62. The number of nitrogens with zero attached hydrogens (tertiary/aromatic N) is 1. The fraction of sp³-hybridized carbons (Fsp3) is 0.209. The highest BCUT2D eigenvalue weighted by Gasteiger charge is 2.33. The van der Waals surface area contributed by atoms with Crippen LogP contribution in [0.25, 0.3) is 21.5 Å². The third-order valence-electron chi connectivity index (χ3n) is 9.39. The predicted molar refractivity (Wildman–Crippen MR) is 197 cm³/mol. The number of aliphatic hydroxyl groups excluding tert-OH is 1. The largest absolute Gasteiger partial charge is 0.392 e. The number of rotatable bonds is 10. The smallest absolute Gasteiger partial charge is 0.255 e. The van der Waals surface area contributed by atoms with Gasteiger partial charge in [-0.1, -0.05) is 97.1 Å². The highest BCUT2D eigenvalue weighted by molar-refractivity contribution is 6.05. The van der Waals surface area contributed by atoms with Gasteiger partial charge in [-0.25, -0.2) is 0 Å². The summed E-state index contributed by atoms with van der Waals surface area (Å²) < 4.78 is 13.3. The molecule has 1 unspecified atom stereocenters. The van der Waals surface area contributed by atoms with E-state index >= 15 is 0 Å². The summed E-state index contributed by atoms with van der Waals surface area (Å²) in [7, 11) is 2.13. The molecule has 2 N–H and O–H groups in total. The van der Waals surface area contributed by atoms with Crippen LogP contribution in [-0.4, -0.2) is 41.4 Å². The number of likely N-dealkylation sites (N-methyl/N-ethyl adjacent to an activating group) is 1. The highest BCUT2D eigenvalue weighted by Crippen LogP contribution is 2.39. The molecule has 3 atom stereocenters. The zero-order valence-corrected chi connectivity index (χ0v) is 28.2. The molecule has 0 spiro atoms. The number of nitrogens with one attached hydrogen (secondary N) is 1. The van der Waals surface area contributed by atoms with E-state index in [2.05, 4.69) is 71.9 Å². The average molecular weight is 665 g/mol. The number of hydrogen-bond acceptors (Lipinski definition) is 6. The van der Waals surface area contributed by atoms with Gasteiger partial charge in [-0.05, 0) is 82.5 Å². The molecule has 252 valence electrons. The number of Topliss-reactive ketones (excluding diaryl/α,β-unsaturated/α-hetero) is 1. The number of ketones is 1. The second kappa shape index (κ2) is 14.7. The maximum Gasteiger partial charge on any atom is 0.255 e. The van der Waals surface area contributed by atoms with Crippen molar-refractivity contribution in [1.82, 2.24) is 4.90 Å². The van der Waals surface area contributed by atoms with Crippen LogP contribution in [-0.2, 0) is 22.6 Å². The van der Waals surface area contributed by atoms with Crippen LogP contribution in [0.2, 0.25) is 0 Å². The second-order valence-electron chi connectivity index (χ2n) is 13.1. The van der Waals surface area contributed by atoms with E-state index in [0.29, 0.717) is 29.8 Å². The van der Waals surface area contributed by atoms with Gasteiger partial charge in [-0.15, -0.1) is 0 Å². The van der Waals surface area contributed by atoms with Gasteiger partial charge in [0.2, 0.25) is 0 Å². The molecule has 7 heteroatoms. The number of carbonyl (C=O) groups excluding carboxylic acids is 2. The molecular weight excluding hydrogens is 624 g/mol. The van der Waals surface area contributed by atoms with Crippen molar-refractivity contribution in [3.8, 4) is 0 Å². The van der Waals surface area contributed by atoms with E-state index < -0.39 is 6.29 Å². The Morgan fingerprint density at radius 3 is 2.14 bits per heavy atom. The van der Waals surface area contributed by atoms with Crippen molar-refractivity contribution in [2.75, 3.05) is 18.9 Å². The van der Waals surface area contributed by atoms with Crippen LogP contribution in [0.1, 0.15) is 68.7 Å². The van der Waals surface area contributed by atoms with Crippen LogP contribution < -0.4 is 5.32 Å². The van der Waals surface area contributed by atoms with Crippen molar-refractivity contribution >= 4 is 38.9 Å². The van der Waals surface area contributed by atoms with Crippen LogP contribution in [0.15, 0.2) is 127 Å². The summed E-state index contributed by atoms with van der Waals surface area (Å²) in [5.74, 6) is -0.362. The van der Waals surface area contributed by atoms with Gasteiger partial charge in [-0.3, -0.25) is 14.5 Å². The van der Waals surface area contributed by atoms with Crippen LogP contribution in [0.3, 0.4) is 0 Å². The average Bonchev–Trinajstić information content (AvgIpc) is 3.14. The molecule has 0 bridgehead atoms. The number of carbonyl (C=O) groups is 2. The van der Waals surface area contributed by atoms with Crippen molar-refractivity contribution in [2.24, 2.45) is 0 Å². The molecule has 1 fully saturated rings. The van der Waals surface area contributed by atoms with E-state index in [4.69, 9.17) is 9.47 Å². The molecule has 7 nitrogen and oxygen atoms in total. The van der Waals surface area contributed by atoms with Crippen LogP contribution in [0.5, 0.6) is 0 Å². The molecule has 6 aromatic carbocycles. The third kappa shape index (κ3) is 7.37. The lowest BCUT2D eigenvalue weighted by Gasteiger charge is -2.38. The maximum atomic E-state index is 13.3. The number of ether oxygens (including phenoxy) is 2. The van der Waals surface area contributed by atoms with E-state index in [9.17, 15) is 14.7 Å². The van der Waals surface area contributed by atoms with E-state index in [1.165, 1.54) is 34.0 Å². The topological polar surface area (TPSA) is 88.1 Å². The zero-order chi connectivity index (χ0) is 34.6. The standard InChI is InChI=1S/C43H40N2O5/c1-28(47)31-11-8-14-36(23-31)44-42(48)34-12-7-13-35(22-34)43-49-37(24-41(50-43)30-19-17-29(27-46)18-20-30)25-45(2)26-40-38-15-5-3-9-32(38)21-33-10-4-6-16-39(33)40/h3-23,37,41,43,46H,24-27H2,1-2H3,(H,44,48)/t37-,41+,43?/m0/s1. The van der Waals surface area contributed by atoms with Crippen molar-refractivity contribution in [3.05, 3.63) is 161 Å². The summed E-state index contributed by atoms with van der Waals surface area (Å²) in [6.07, 6.45) is -0.501. The zero-order valence-electron chi connectivity index (χ0n) is 28.2. The minimum atomic E-state index is -0.711. The monoisotopic (exact) mass is 664 g/mol. The van der Waals surface area contributed by atoms with Gasteiger partial charge in [0.05, 0.1) is 18.8 Å². The summed E-state index contributed by atoms with van der Waals surface area (Å²) >= 11 is 0.